The van der Waals surface area contributed by atoms with Crippen LogP contribution in [-0.4, -0.2) is 22.8 Å². The normalized spacial score (nSPS) is 14.5. The Labute approximate surface area is 239 Å². The number of benzene rings is 4. The number of nitrogens with zero attached hydrogens (tertiary/aromatic N) is 1. The summed E-state index contributed by atoms with van der Waals surface area (Å²) in [5.74, 6) is -1.03. The summed E-state index contributed by atoms with van der Waals surface area (Å²) in [6.07, 6.45) is 5.08. The van der Waals surface area contributed by atoms with Gasteiger partial charge in [0.15, 0.2) is 0 Å². The number of hydrogen-bond acceptors (Lipinski definition) is 2. The first-order valence-electron chi connectivity index (χ1n) is 14.2. The Balaban J connectivity index is 1.49. The van der Waals surface area contributed by atoms with Gasteiger partial charge in [-0.1, -0.05) is 98.1 Å². The summed E-state index contributed by atoms with van der Waals surface area (Å²) in [6.45, 7) is 0. The van der Waals surface area contributed by atoms with Gasteiger partial charge in [-0.2, -0.15) is 0 Å². The molecule has 0 unspecified atom stereocenters. The highest BCUT2D eigenvalue weighted by Gasteiger charge is 2.36. The summed E-state index contributed by atoms with van der Waals surface area (Å²) in [5, 5.41) is 5.02. The molecule has 1 saturated carbocycles. The monoisotopic (exact) mass is 545 g/mol. The van der Waals surface area contributed by atoms with Crippen LogP contribution in [0.15, 0.2) is 109 Å². The SMILES string of the molecule is O=C(NC1CCCCC1)[C@H](c1ccc(F)cc1)N(C(=O)c1ccc(-c2ccccc2)[nH]1)c1cccc2ccccc12. The van der Waals surface area contributed by atoms with Gasteiger partial charge in [0.2, 0.25) is 5.91 Å². The van der Waals surface area contributed by atoms with E-state index in [1.54, 1.807) is 23.1 Å². The van der Waals surface area contributed by atoms with Gasteiger partial charge < -0.3 is 10.3 Å². The minimum absolute atomic E-state index is 0.0406. The van der Waals surface area contributed by atoms with Crippen molar-refractivity contribution in [2.24, 2.45) is 0 Å². The largest absolute Gasteiger partial charge is 0.351 e. The summed E-state index contributed by atoms with van der Waals surface area (Å²) >= 11 is 0. The van der Waals surface area contributed by atoms with Gasteiger partial charge in [0.25, 0.3) is 5.91 Å². The zero-order chi connectivity index (χ0) is 28.2. The molecule has 206 valence electrons. The van der Waals surface area contributed by atoms with Crippen molar-refractivity contribution in [1.29, 1.82) is 0 Å². The number of carbonyl (C=O) groups is 2. The average molecular weight is 546 g/mol. The van der Waals surface area contributed by atoms with Crippen LogP contribution in [0.4, 0.5) is 10.1 Å². The number of hydrogen-bond donors (Lipinski definition) is 2. The number of halogens is 1. The molecule has 0 spiro atoms. The van der Waals surface area contributed by atoms with Crippen molar-refractivity contribution in [3.8, 4) is 11.3 Å². The van der Waals surface area contributed by atoms with Crippen molar-refractivity contribution in [1.82, 2.24) is 10.3 Å². The summed E-state index contributed by atoms with van der Waals surface area (Å²) < 4.78 is 14.1. The van der Waals surface area contributed by atoms with Crippen LogP contribution in [0.2, 0.25) is 0 Å². The molecule has 0 saturated heterocycles. The second kappa shape index (κ2) is 11.8. The lowest BCUT2D eigenvalue weighted by atomic mass is 9.94. The Morgan fingerprint density at radius 2 is 1.49 bits per heavy atom. The number of aromatic nitrogens is 1. The van der Waals surface area contributed by atoms with Crippen LogP contribution in [0, 0.1) is 5.82 Å². The van der Waals surface area contributed by atoms with Crippen LogP contribution in [0.3, 0.4) is 0 Å². The number of nitrogens with one attached hydrogen (secondary N) is 2. The number of aromatic amines is 1. The number of carbonyl (C=O) groups excluding carboxylic acids is 2. The average Bonchev–Trinajstić information content (AvgIpc) is 3.52. The summed E-state index contributed by atoms with van der Waals surface area (Å²) in [4.78, 5) is 33.6. The molecular formula is C35H32FN3O2. The maximum absolute atomic E-state index is 14.6. The van der Waals surface area contributed by atoms with Gasteiger partial charge in [-0.3, -0.25) is 14.5 Å². The highest BCUT2D eigenvalue weighted by Crippen LogP contribution is 2.36. The topological polar surface area (TPSA) is 65.2 Å². The molecule has 4 aromatic carbocycles. The molecule has 0 aliphatic heterocycles. The van der Waals surface area contributed by atoms with Crippen LogP contribution in [0.1, 0.15) is 54.2 Å². The van der Waals surface area contributed by atoms with E-state index >= 15 is 0 Å². The molecule has 1 aromatic heterocycles. The quantitative estimate of drug-likeness (QED) is 0.219. The third kappa shape index (κ3) is 5.64. The summed E-state index contributed by atoms with van der Waals surface area (Å²) in [5.41, 5.74) is 3.26. The Kier molecular flexibility index (Phi) is 7.63. The van der Waals surface area contributed by atoms with Gasteiger partial charge in [0, 0.05) is 17.1 Å². The molecule has 1 fully saturated rings. The van der Waals surface area contributed by atoms with Crippen molar-refractivity contribution in [3.05, 3.63) is 126 Å². The lowest BCUT2D eigenvalue weighted by molar-refractivity contribution is -0.123. The van der Waals surface area contributed by atoms with Crippen LogP contribution >= 0.6 is 0 Å². The minimum Gasteiger partial charge on any atom is -0.351 e. The highest BCUT2D eigenvalue weighted by molar-refractivity contribution is 6.13. The minimum atomic E-state index is -1.01. The second-order valence-electron chi connectivity index (χ2n) is 10.6. The number of anilines is 1. The molecule has 2 N–H and O–H groups in total. The molecule has 1 aliphatic rings. The number of H-pyrrole nitrogens is 1. The van der Waals surface area contributed by atoms with Gasteiger partial charge >= 0.3 is 0 Å². The molecule has 0 bridgehead atoms. The standard InChI is InChI=1S/C35H32FN3O2/c36-27-20-18-26(19-21-27)33(34(40)37-28-14-5-2-6-15-28)39(32-17-9-13-24-10-7-8-16-29(24)32)35(41)31-23-22-30(38-31)25-11-3-1-4-12-25/h1,3-4,7-13,16-23,28,33,38H,2,5-6,14-15H2,(H,37,40)/t33-/m0/s1. The van der Waals surface area contributed by atoms with Gasteiger partial charge in [0.05, 0.1) is 5.69 Å². The van der Waals surface area contributed by atoms with Gasteiger partial charge in [-0.05, 0) is 59.7 Å². The first-order chi connectivity index (χ1) is 20.1. The smallest absolute Gasteiger partial charge is 0.275 e. The Bertz CT molecular complexity index is 1650. The van der Waals surface area contributed by atoms with Crippen LogP contribution in [-0.2, 0) is 4.79 Å². The zero-order valence-electron chi connectivity index (χ0n) is 22.7. The van der Waals surface area contributed by atoms with Crippen LogP contribution in [0.5, 0.6) is 0 Å². The lowest BCUT2D eigenvalue weighted by Gasteiger charge is -2.34. The van der Waals surface area contributed by atoms with Gasteiger partial charge in [-0.25, -0.2) is 4.39 Å². The fourth-order valence-corrected chi connectivity index (χ4v) is 5.81. The van der Waals surface area contributed by atoms with E-state index < -0.39 is 11.9 Å². The predicted octanol–water partition coefficient (Wildman–Crippen LogP) is 7.81. The second-order valence-corrected chi connectivity index (χ2v) is 10.6. The van der Waals surface area contributed by atoms with Crippen molar-refractivity contribution in [3.63, 3.8) is 0 Å². The van der Waals surface area contributed by atoms with Gasteiger partial charge in [0.1, 0.15) is 17.6 Å². The highest BCUT2D eigenvalue weighted by atomic mass is 19.1. The number of amides is 2. The van der Waals surface area contributed by atoms with E-state index in [-0.39, 0.29) is 17.9 Å². The maximum atomic E-state index is 14.6. The van der Waals surface area contributed by atoms with E-state index in [9.17, 15) is 14.0 Å². The number of rotatable bonds is 7. The summed E-state index contributed by atoms with van der Waals surface area (Å²) in [7, 11) is 0. The fraction of sp³-hybridized carbons (Fsp3) is 0.200. The molecule has 0 radical (unpaired) electrons. The van der Waals surface area contributed by atoms with Crippen LogP contribution < -0.4 is 10.2 Å². The molecule has 41 heavy (non-hydrogen) atoms. The molecule has 5 aromatic rings. The van der Waals surface area contributed by atoms with E-state index in [4.69, 9.17) is 0 Å². The molecule has 1 aliphatic carbocycles. The Morgan fingerprint density at radius 1 is 0.780 bits per heavy atom. The third-order valence-electron chi connectivity index (χ3n) is 7.89. The molecule has 2 amide bonds. The third-order valence-corrected chi connectivity index (χ3v) is 7.89. The zero-order valence-corrected chi connectivity index (χ0v) is 22.7. The van der Waals surface area contributed by atoms with E-state index in [0.29, 0.717) is 16.9 Å². The molecule has 1 heterocycles. The number of fused-ring (bicyclic) bond motifs is 1. The van der Waals surface area contributed by atoms with Crippen molar-refractivity contribution in [2.75, 3.05) is 4.90 Å². The van der Waals surface area contributed by atoms with Crippen molar-refractivity contribution in [2.45, 2.75) is 44.2 Å². The molecule has 5 nitrogen and oxygen atoms in total. The van der Waals surface area contributed by atoms with E-state index in [2.05, 4.69) is 10.3 Å². The molecule has 1 atom stereocenters. The van der Waals surface area contributed by atoms with E-state index in [0.717, 1.165) is 54.1 Å². The first-order valence-corrected chi connectivity index (χ1v) is 14.2. The Morgan fingerprint density at radius 3 is 2.27 bits per heavy atom. The predicted molar refractivity (Wildman–Crippen MR) is 161 cm³/mol. The fourth-order valence-electron chi connectivity index (χ4n) is 5.81. The lowest BCUT2D eigenvalue weighted by Crippen LogP contribution is -2.47. The van der Waals surface area contributed by atoms with Gasteiger partial charge in [-0.15, -0.1) is 0 Å². The van der Waals surface area contributed by atoms with Crippen molar-refractivity contribution >= 4 is 28.3 Å². The van der Waals surface area contributed by atoms with E-state index in [1.807, 2.05) is 78.9 Å². The Hall–Kier alpha value is -4.71. The maximum Gasteiger partial charge on any atom is 0.275 e. The molecular weight excluding hydrogens is 513 g/mol. The first kappa shape index (κ1) is 26.5. The van der Waals surface area contributed by atoms with Crippen molar-refractivity contribution < 1.29 is 14.0 Å². The summed E-state index contributed by atoms with van der Waals surface area (Å²) in [6, 6.07) is 31.8. The van der Waals surface area contributed by atoms with E-state index in [1.165, 1.54) is 12.1 Å². The van der Waals surface area contributed by atoms with Crippen LogP contribution in [0.25, 0.3) is 22.0 Å². The molecule has 6 rings (SSSR count). The molecule has 6 heteroatoms.